The van der Waals surface area contributed by atoms with E-state index in [-0.39, 0.29) is 35.8 Å². The average Bonchev–Trinajstić information content (AvgIpc) is 3.31. The summed E-state index contributed by atoms with van der Waals surface area (Å²) < 4.78 is 0. The molecule has 0 radical (unpaired) electrons. The van der Waals surface area contributed by atoms with Crippen LogP contribution in [0.4, 0.5) is 11.4 Å². The van der Waals surface area contributed by atoms with E-state index in [9.17, 15) is 14.4 Å². The number of aromatic amines is 1. The Morgan fingerprint density at radius 3 is 2.21 bits per heavy atom. The number of aryl methyl sites for hydroxylation is 1. The van der Waals surface area contributed by atoms with E-state index < -0.39 is 0 Å². The summed E-state index contributed by atoms with van der Waals surface area (Å²) >= 11 is 1.51. The molecule has 0 aliphatic rings. The van der Waals surface area contributed by atoms with Crippen molar-refractivity contribution >= 4 is 34.5 Å². The topological polar surface area (TPSA) is 117 Å². The van der Waals surface area contributed by atoms with Crippen molar-refractivity contribution in [3.05, 3.63) is 92.8 Å². The van der Waals surface area contributed by atoms with Gasteiger partial charge in [0.25, 0.3) is 5.56 Å². The van der Waals surface area contributed by atoms with Gasteiger partial charge in [0.2, 0.25) is 11.8 Å². The van der Waals surface area contributed by atoms with Gasteiger partial charge in [-0.3, -0.25) is 19.4 Å². The average molecular weight is 460 g/mol. The second-order valence-electron chi connectivity index (χ2n) is 7.29. The van der Waals surface area contributed by atoms with E-state index >= 15 is 0 Å². The van der Waals surface area contributed by atoms with E-state index in [4.69, 9.17) is 0 Å². The van der Waals surface area contributed by atoms with Crippen molar-refractivity contribution in [2.45, 2.75) is 19.8 Å². The second-order valence-corrected chi connectivity index (χ2v) is 8.32. The lowest BCUT2D eigenvalue weighted by molar-refractivity contribution is -0.116. The molecule has 8 nitrogen and oxygen atoms in total. The number of benzene rings is 1. The highest BCUT2D eigenvalue weighted by Gasteiger charge is 2.15. The Hall–Kier alpha value is -4.11. The fourth-order valence-electron chi connectivity index (χ4n) is 3.29. The molecule has 0 spiro atoms. The van der Waals surface area contributed by atoms with Crippen LogP contribution in [0, 0.1) is 6.92 Å². The van der Waals surface area contributed by atoms with Gasteiger partial charge >= 0.3 is 0 Å². The van der Waals surface area contributed by atoms with Crippen molar-refractivity contribution in [3.63, 3.8) is 0 Å². The summed E-state index contributed by atoms with van der Waals surface area (Å²) in [5, 5.41) is 7.53. The maximum atomic E-state index is 12.7. The van der Waals surface area contributed by atoms with Crippen LogP contribution in [0.5, 0.6) is 0 Å². The molecule has 0 bridgehead atoms. The van der Waals surface area contributed by atoms with Crippen LogP contribution in [0.15, 0.2) is 71.1 Å². The van der Waals surface area contributed by atoms with Crippen LogP contribution in [-0.4, -0.2) is 26.8 Å². The summed E-state index contributed by atoms with van der Waals surface area (Å²) in [5.41, 5.74) is 2.06. The molecule has 0 atom stereocenters. The molecule has 3 aromatic heterocycles. The van der Waals surface area contributed by atoms with E-state index in [1.54, 1.807) is 55.7 Å². The Bertz CT molecular complexity index is 1330. The Morgan fingerprint density at radius 1 is 0.939 bits per heavy atom. The van der Waals surface area contributed by atoms with Crippen LogP contribution in [0.2, 0.25) is 0 Å². The highest BCUT2D eigenvalue weighted by Crippen LogP contribution is 2.22. The van der Waals surface area contributed by atoms with Crippen molar-refractivity contribution in [2.75, 3.05) is 10.6 Å². The number of para-hydroxylation sites is 2. The van der Waals surface area contributed by atoms with Gasteiger partial charge in [-0.05, 0) is 42.6 Å². The third-order valence-electron chi connectivity index (χ3n) is 4.90. The summed E-state index contributed by atoms with van der Waals surface area (Å²) in [6, 6.07) is 14.2. The van der Waals surface area contributed by atoms with Gasteiger partial charge in [0, 0.05) is 34.1 Å². The molecule has 0 unspecified atom stereocenters. The Morgan fingerprint density at radius 2 is 1.61 bits per heavy atom. The smallest absolute Gasteiger partial charge is 0.255 e. The molecule has 3 heterocycles. The number of pyridine rings is 1. The number of nitrogens with zero attached hydrogens (tertiary/aromatic N) is 2. The number of rotatable bonds is 7. The van der Waals surface area contributed by atoms with Crippen LogP contribution in [0.25, 0.3) is 11.4 Å². The molecular weight excluding hydrogens is 438 g/mol. The Balaban J connectivity index is 1.46. The van der Waals surface area contributed by atoms with Gasteiger partial charge in [0.15, 0.2) is 0 Å². The van der Waals surface area contributed by atoms with Gasteiger partial charge in [-0.25, -0.2) is 4.98 Å². The lowest BCUT2D eigenvalue weighted by atomic mass is 10.1. The number of carbonyl (C=O) groups is 2. The van der Waals surface area contributed by atoms with Gasteiger partial charge < -0.3 is 15.6 Å². The molecule has 3 N–H and O–H groups in total. The lowest BCUT2D eigenvalue weighted by Gasteiger charge is -2.13. The molecule has 4 aromatic rings. The monoisotopic (exact) mass is 459 g/mol. The Labute approximate surface area is 193 Å². The van der Waals surface area contributed by atoms with E-state index in [1.165, 1.54) is 11.3 Å². The van der Waals surface area contributed by atoms with E-state index in [2.05, 4.69) is 25.6 Å². The van der Waals surface area contributed by atoms with Gasteiger partial charge in [0.1, 0.15) is 5.82 Å². The first-order valence-corrected chi connectivity index (χ1v) is 11.1. The number of hydrogen-bond acceptors (Lipinski definition) is 6. The third-order valence-corrected chi connectivity index (χ3v) is 5.78. The minimum atomic E-state index is -0.387. The van der Waals surface area contributed by atoms with Crippen LogP contribution in [0.3, 0.4) is 0 Å². The number of H-pyrrole nitrogens is 1. The molecule has 0 saturated heterocycles. The zero-order valence-corrected chi connectivity index (χ0v) is 18.6. The van der Waals surface area contributed by atoms with Crippen LogP contribution < -0.4 is 16.2 Å². The number of hydrogen-bond donors (Lipinski definition) is 3. The fraction of sp³-hybridized carbons (Fsp3) is 0.125. The first kappa shape index (κ1) is 22.1. The van der Waals surface area contributed by atoms with E-state index in [1.807, 2.05) is 17.5 Å². The normalized spacial score (nSPS) is 10.6. The van der Waals surface area contributed by atoms with Crippen LogP contribution in [0.1, 0.15) is 16.1 Å². The van der Waals surface area contributed by atoms with Crippen LogP contribution >= 0.6 is 11.3 Å². The highest BCUT2D eigenvalue weighted by molar-refractivity contribution is 7.10. The molecule has 0 saturated carbocycles. The van der Waals surface area contributed by atoms with Gasteiger partial charge in [-0.15, -0.1) is 11.3 Å². The molecule has 0 fully saturated rings. The van der Waals surface area contributed by atoms with Crippen LogP contribution in [-0.2, 0) is 22.4 Å². The summed E-state index contributed by atoms with van der Waals surface area (Å²) in [6.45, 7) is 1.70. The van der Waals surface area contributed by atoms with Gasteiger partial charge in [-0.2, -0.15) is 0 Å². The zero-order chi connectivity index (χ0) is 23.2. The summed E-state index contributed by atoms with van der Waals surface area (Å²) in [6.07, 6.45) is 3.33. The third kappa shape index (κ3) is 5.58. The van der Waals surface area contributed by atoms with Gasteiger partial charge in [0.05, 0.1) is 24.2 Å². The number of thiophene rings is 1. The van der Waals surface area contributed by atoms with Crippen molar-refractivity contribution in [3.8, 4) is 11.4 Å². The lowest BCUT2D eigenvalue weighted by Crippen LogP contribution is -2.24. The Kier molecular flexibility index (Phi) is 6.70. The number of carbonyl (C=O) groups excluding carboxylic acids is 2. The van der Waals surface area contributed by atoms with Crippen molar-refractivity contribution < 1.29 is 9.59 Å². The molecule has 0 aliphatic heterocycles. The van der Waals surface area contributed by atoms with E-state index in [0.717, 1.165) is 10.4 Å². The molecule has 9 heteroatoms. The first-order valence-electron chi connectivity index (χ1n) is 10.2. The number of amides is 2. The maximum Gasteiger partial charge on any atom is 0.255 e. The quantitative estimate of drug-likeness (QED) is 0.391. The predicted molar refractivity (Wildman–Crippen MR) is 128 cm³/mol. The first-order chi connectivity index (χ1) is 16.0. The molecule has 4 rings (SSSR count). The van der Waals surface area contributed by atoms with Crippen molar-refractivity contribution in [2.24, 2.45) is 0 Å². The predicted octanol–water partition coefficient (Wildman–Crippen LogP) is 3.56. The number of nitrogens with one attached hydrogen (secondary N) is 3. The molecule has 33 heavy (non-hydrogen) atoms. The number of anilines is 2. The zero-order valence-electron chi connectivity index (χ0n) is 17.8. The minimum absolute atomic E-state index is 0.151. The molecule has 1 aromatic carbocycles. The van der Waals surface area contributed by atoms with Crippen molar-refractivity contribution in [1.82, 2.24) is 15.0 Å². The summed E-state index contributed by atoms with van der Waals surface area (Å²) in [5.74, 6) is -0.146. The molecular formula is C24H21N5O3S. The summed E-state index contributed by atoms with van der Waals surface area (Å²) in [4.78, 5) is 49.8. The van der Waals surface area contributed by atoms with E-state index in [0.29, 0.717) is 22.9 Å². The molecule has 0 aliphatic carbocycles. The molecule has 2 amide bonds. The minimum Gasteiger partial charge on any atom is -0.324 e. The largest absolute Gasteiger partial charge is 0.324 e. The van der Waals surface area contributed by atoms with Crippen molar-refractivity contribution in [1.29, 1.82) is 0 Å². The highest BCUT2D eigenvalue weighted by atomic mass is 32.1. The van der Waals surface area contributed by atoms with Gasteiger partial charge in [-0.1, -0.05) is 18.2 Å². The number of aromatic nitrogens is 3. The summed E-state index contributed by atoms with van der Waals surface area (Å²) in [7, 11) is 0. The second kappa shape index (κ2) is 10.0. The maximum absolute atomic E-state index is 12.7. The molecule has 166 valence electrons. The SMILES string of the molecule is Cc1nc(-c2ccncc2)[nH]c(=O)c1CC(=O)Nc1ccccc1NC(=O)Cc1cccs1. The standard InChI is InChI=1S/C24H21N5O3S/c1-15-18(24(32)29-23(26-15)16-8-10-25-11-9-16)14-22(31)28-20-7-3-2-6-19(20)27-21(30)13-17-5-4-12-33-17/h2-12H,13-14H2,1H3,(H,27,30)(H,28,31)(H,26,29,32). The fourth-order valence-corrected chi connectivity index (χ4v) is 3.99.